The van der Waals surface area contributed by atoms with Crippen LogP contribution in [0.5, 0.6) is 0 Å². The molecule has 35 heavy (non-hydrogen) atoms. The van der Waals surface area contributed by atoms with Crippen molar-refractivity contribution in [2.24, 2.45) is 0 Å². The molecular formula is C25H17N5O5. The van der Waals surface area contributed by atoms with Crippen LogP contribution in [0.3, 0.4) is 0 Å². The number of carbonyl (C=O) groups excluding carboxylic acids is 3. The summed E-state index contributed by atoms with van der Waals surface area (Å²) in [6.45, 7) is 0. The predicted octanol–water partition coefficient (Wildman–Crippen LogP) is 3.71. The van der Waals surface area contributed by atoms with Gasteiger partial charge in [0.1, 0.15) is 5.70 Å². The molecule has 1 saturated heterocycles. The number of rotatable bonds is 5. The first-order valence-electron chi connectivity index (χ1n) is 10.5. The van der Waals surface area contributed by atoms with E-state index in [1.165, 1.54) is 24.3 Å². The second-order valence-electron chi connectivity index (χ2n) is 7.77. The fourth-order valence-corrected chi connectivity index (χ4v) is 3.90. The van der Waals surface area contributed by atoms with E-state index in [0.717, 1.165) is 0 Å². The number of imide groups is 1. The maximum atomic E-state index is 13.0. The molecule has 0 saturated carbocycles. The molecule has 0 atom stereocenters. The lowest BCUT2D eigenvalue weighted by molar-refractivity contribution is -0.384. The van der Waals surface area contributed by atoms with Gasteiger partial charge >= 0.3 is 6.03 Å². The van der Waals surface area contributed by atoms with E-state index in [9.17, 15) is 24.5 Å². The Morgan fingerprint density at radius 2 is 1.66 bits per heavy atom. The molecule has 3 aromatic rings. The molecule has 10 nitrogen and oxygen atoms in total. The highest BCUT2D eigenvalue weighted by molar-refractivity contribution is 6.37. The number of carbonyl (C=O) groups is 3. The number of anilines is 2. The Bertz CT molecular complexity index is 1480. The highest BCUT2D eigenvalue weighted by Gasteiger charge is 2.30. The SMILES string of the molecule is O=C1NC(=O)C(=Cc2cccc(NC(=C3C(=O)Nc4ccc([N+](=O)[O-])cc43)c3ccccc3)c2)N1. The number of nitrogens with zero attached hydrogens (tertiary/aromatic N) is 1. The molecule has 4 N–H and O–H groups in total. The summed E-state index contributed by atoms with van der Waals surface area (Å²) in [5.74, 6) is -0.920. The van der Waals surface area contributed by atoms with Crippen molar-refractivity contribution < 1.29 is 19.3 Å². The van der Waals surface area contributed by atoms with Gasteiger partial charge in [-0.2, -0.15) is 0 Å². The highest BCUT2D eigenvalue weighted by Crippen LogP contribution is 2.39. The molecule has 172 valence electrons. The quantitative estimate of drug-likeness (QED) is 0.195. The largest absolute Gasteiger partial charge is 0.354 e. The number of urea groups is 1. The van der Waals surface area contributed by atoms with Crippen LogP contribution in [0.1, 0.15) is 16.7 Å². The average molecular weight is 467 g/mol. The van der Waals surface area contributed by atoms with Gasteiger partial charge in [0.15, 0.2) is 0 Å². The maximum absolute atomic E-state index is 13.0. The Balaban J connectivity index is 1.60. The summed E-state index contributed by atoms with van der Waals surface area (Å²) in [6.07, 6.45) is 1.53. The summed E-state index contributed by atoms with van der Waals surface area (Å²) in [5.41, 5.74) is 3.53. The molecule has 0 unspecified atom stereocenters. The summed E-state index contributed by atoms with van der Waals surface area (Å²) in [6, 6.07) is 19.8. The zero-order valence-corrected chi connectivity index (χ0v) is 18.0. The topological polar surface area (TPSA) is 142 Å². The average Bonchev–Trinajstić information content (AvgIpc) is 3.34. The molecule has 0 bridgehead atoms. The van der Waals surface area contributed by atoms with Crippen LogP contribution in [0.15, 0.2) is 78.5 Å². The molecule has 5 rings (SSSR count). The Morgan fingerprint density at radius 3 is 2.37 bits per heavy atom. The van der Waals surface area contributed by atoms with Crippen molar-refractivity contribution in [3.05, 3.63) is 105 Å². The lowest BCUT2D eigenvalue weighted by Crippen LogP contribution is -2.22. The monoisotopic (exact) mass is 467 g/mol. The number of benzene rings is 3. The van der Waals surface area contributed by atoms with Crippen LogP contribution >= 0.6 is 0 Å². The summed E-state index contributed by atoms with van der Waals surface area (Å²) in [7, 11) is 0. The standard InChI is InChI=1S/C25H17N5O5/c31-23-20(28-25(33)29-23)12-14-5-4-8-16(11-14)26-22(15-6-2-1-3-7-15)21-18-13-17(30(34)35)9-10-19(18)27-24(21)32/h1-13,26H,(H,27,32)(H2,28,29,31,33). The molecular weight excluding hydrogens is 450 g/mol. The van der Waals surface area contributed by atoms with E-state index in [1.807, 2.05) is 30.3 Å². The number of hydrogen-bond donors (Lipinski definition) is 4. The number of nitro groups is 1. The predicted molar refractivity (Wildman–Crippen MR) is 130 cm³/mol. The molecule has 2 aliphatic rings. The number of nitrogens with one attached hydrogen (secondary N) is 4. The smallest absolute Gasteiger partial charge is 0.326 e. The van der Waals surface area contributed by atoms with Gasteiger partial charge in [-0.3, -0.25) is 25.0 Å². The van der Waals surface area contributed by atoms with Crippen LogP contribution in [0.2, 0.25) is 0 Å². The number of hydrogen-bond acceptors (Lipinski definition) is 6. The molecule has 4 amide bonds. The van der Waals surface area contributed by atoms with Crippen LogP contribution < -0.4 is 21.3 Å². The third-order valence-corrected chi connectivity index (χ3v) is 5.46. The Kier molecular flexibility index (Phi) is 5.30. The fraction of sp³-hybridized carbons (Fsp3) is 0. The van der Waals surface area contributed by atoms with Crippen LogP contribution in [0, 0.1) is 10.1 Å². The molecule has 1 fully saturated rings. The number of non-ortho nitro benzene ring substituents is 1. The molecule has 2 heterocycles. The zero-order chi connectivity index (χ0) is 24.5. The van der Waals surface area contributed by atoms with Crippen LogP contribution in [0.4, 0.5) is 21.9 Å². The Hall–Kier alpha value is -5.25. The molecule has 0 radical (unpaired) electrons. The van der Waals surface area contributed by atoms with E-state index < -0.39 is 22.8 Å². The van der Waals surface area contributed by atoms with Gasteiger partial charge in [0.2, 0.25) is 0 Å². The third-order valence-electron chi connectivity index (χ3n) is 5.46. The first kappa shape index (κ1) is 21.6. The normalized spacial score (nSPS) is 16.9. The van der Waals surface area contributed by atoms with Crippen LogP contribution in [-0.4, -0.2) is 22.8 Å². The minimum Gasteiger partial charge on any atom is -0.354 e. The van der Waals surface area contributed by atoms with E-state index >= 15 is 0 Å². The van der Waals surface area contributed by atoms with Gasteiger partial charge in [-0.05, 0) is 35.4 Å². The van der Waals surface area contributed by atoms with Gasteiger partial charge in [0, 0.05) is 29.1 Å². The summed E-state index contributed by atoms with van der Waals surface area (Å²) in [4.78, 5) is 47.1. The van der Waals surface area contributed by atoms with E-state index in [-0.39, 0.29) is 17.0 Å². The van der Waals surface area contributed by atoms with E-state index in [1.54, 1.807) is 24.3 Å². The number of nitro benzene ring substituents is 1. The summed E-state index contributed by atoms with van der Waals surface area (Å²) >= 11 is 0. The lowest BCUT2D eigenvalue weighted by atomic mass is 9.99. The third kappa shape index (κ3) is 4.23. The minimum atomic E-state index is -0.591. The van der Waals surface area contributed by atoms with E-state index in [0.29, 0.717) is 33.8 Å². The Labute approximate surface area is 198 Å². The van der Waals surface area contributed by atoms with Gasteiger partial charge in [0.25, 0.3) is 17.5 Å². The maximum Gasteiger partial charge on any atom is 0.326 e. The second-order valence-corrected chi connectivity index (χ2v) is 7.77. The van der Waals surface area contributed by atoms with E-state index in [2.05, 4.69) is 21.3 Å². The van der Waals surface area contributed by atoms with Gasteiger partial charge in [0.05, 0.1) is 16.2 Å². The molecule has 10 heteroatoms. The molecule has 0 aromatic heterocycles. The van der Waals surface area contributed by atoms with Crippen molar-refractivity contribution in [2.75, 3.05) is 10.6 Å². The number of amides is 4. The van der Waals surface area contributed by atoms with Gasteiger partial charge in [-0.15, -0.1) is 0 Å². The zero-order valence-electron chi connectivity index (χ0n) is 18.0. The van der Waals surface area contributed by atoms with Gasteiger partial charge < -0.3 is 16.0 Å². The highest BCUT2D eigenvalue weighted by atomic mass is 16.6. The number of fused-ring (bicyclic) bond motifs is 1. The summed E-state index contributed by atoms with van der Waals surface area (Å²) in [5, 5.41) is 22.0. The van der Waals surface area contributed by atoms with Crippen LogP contribution in [0.25, 0.3) is 17.3 Å². The van der Waals surface area contributed by atoms with Crippen molar-refractivity contribution in [2.45, 2.75) is 0 Å². The molecule has 3 aromatic carbocycles. The van der Waals surface area contributed by atoms with Crippen molar-refractivity contribution >= 4 is 52.3 Å². The lowest BCUT2D eigenvalue weighted by Gasteiger charge is -2.15. The van der Waals surface area contributed by atoms with Gasteiger partial charge in [-0.1, -0.05) is 42.5 Å². The van der Waals surface area contributed by atoms with Gasteiger partial charge in [-0.25, -0.2) is 4.79 Å². The fourth-order valence-electron chi connectivity index (χ4n) is 3.90. The van der Waals surface area contributed by atoms with Crippen molar-refractivity contribution in [1.82, 2.24) is 10.6 Å². The second kappa shape index (κ2) is 8.60. The van der Waals surface area contributed by atoms with Crippen molar-refractivity contribution in [3.63, 3.8) is 0 Å². The minimum absolute atomic E-state index is 0.116. The van der Waals surface area contributed by atoms with Crippen molar-refractivity contribution in [3.8, 4) is 0 Å². The Morgan fingerprint density at radius 1 is 0.857 bits per heavy atom. The first-order valence-corrected chi connectivity index (χ1v) is 10.5. The first-order chi connectivity index (χ1) is 16.9. The molecule has 0 spiro atoms. The molecule has 2 aliphatic heterocycles. The molecule has 0 aliphatic carbocycles. The van der Waals surface area contributed by atoms with Crippen molar-refractivity contribution in [1.29, 1.82) is 0 Å². The summed E-state index contributed by atoms with van der Waals surface area (Å²) < 4.78 is 0. The van der Waals surface area contributed by atoms with E-state index in [4.69, 9.17) is 0 Å². The van der Waals surface area contributed by atoms with Crippen LogP contribution in [-0.2, 0) is 9.59 Å².